The van der Waals surface area contributed by atoms with Crippen LogP contribution < -0.4 is 0 Å². The number of ether oxygens (including phenoxy) is 2. The second kappa shape index (κ2) is 6.90. The summed E-state index contributed by atoms with van der Waals surface area (Å²) in [7, 11) is 0. The van der Waals surface area contributed by atoms with Gasteiger partial charge in [0.2, 0.25) is 0 Å². The zero-order valence-electron chi connectivity index (χ0n) is 13.2. The Balaban J connectivity index is 2.19. The summed E-state index contributed by atoms with van der Waals surface area (Å²) >= 11 is 0. The van der Waals surface area contributed by atoms with Gasteiger partial charge >= 0.3 is 5.97 Å². The largest absolute Gasteiger partial charge is 0.466 e. The molecule has 20 heavy (non-hydrogen) atoms. The van der Waals surface area contributed by atoms with Crippen LogP contribution in [0.15, 0.2) is 0 Å². The molecule has 4 heteroatoms. The second-order valence-electron chi connectivity index (χ2n) is 6.34. The van der Waals surface area contributed by atoms with Gasteiger partial charge in [-0.2, -0.15) is 0 Å². The molecule has 1 saturated heterocycles. The summed E-state index contributed by atoms with van der Waals surface area (Å²) in [5.41, 5.74) is -0.0201. The number of carbonyl (C=O) groups is 1. The maximum absolute atomic E-state index is 12.1. The van der Waals surface area contributed by atoms with Crippen LogP contribution in [0, 0.1) is 11.8 Å². The summed E-state index contributed by atoms with van der Waals surface area (Å²) in [6, 6.07) is 0. The van der Waals surface area contributed by atoms with Crippen LogP contribution in [0.3, 0.4) is 0 Å². The maximum Gasteiger partial charge on any atom is 0.307 e. The Morgan fingerprint density at radius 2 is 2.05 bits per heavy atom. The van der Waals surface area contributed by atoms with Gasteiger partial charge in [0.15, 0.2) is 0 Å². The first kappa shape index (κ1) is 15.8. The Kier molecular flexibility index (Phi) is 5.44. The van der Waals surface area contributed by atoms with Crippen LogP contribution in [-0.2, 0) is 14.3 Å². The van der Waals surface area contributed by atoms with Gasteiger partial charge in [-0.3, -0.25) is 9.69 Å². The topological polar surface area (TPSA) is 38.8 Å². The van der Waals surface area contributed by atoms with E-state index in [2.05, 4.69) is 18.7 Å². The molecule has 0 bridgehead atoms. The minimum absolute atomic E-state index is 0.0201. The summed E-state index contributed by atoms with van der Waals surface area (Å²) in [6.07, 6.45) is 4.13. The molecule has 0 aromatic heterocycles. The lowest BCUT2D eigenvalue weighted by Crippen LogP contribution is -2.60. The molecule has 0 amide bonds. The fourth-order valence-corrected chi connectivity index (χ4v) is 4.02. The van der Waals surface area contributed by atoms with Crippen molar-refractivity contribution >= 4 is 5.97 Å². The second-order valence-corrected chi connectivity index (χ2v) is 6.34. The Labute approximate surface area is 122 Å². The van der Waals surface area contributed by atoms with Crippen LogP contribution in [0.5, 0.6) is 0 Å². The average Bonchev–Trinajstić information content (AvgIpc) is 2.45. The molecule has 1 aliphatic heterocycles. The Hall–Kier alpha value is -0.610. The van der Waals surface area contributed by atoms with Crippen molar-refractivity contribution in [2.24, 2.45) is 11.8 Å². The Morgan fingerprint density at radius 1 is 1.35 bits per heavy atom. The van der Waals surface area contributed by atoms with Crippen molar-refractivity contribution < 1.29 is 14.3 Å². The molecule has 2 aliphatic rings. The summed E-state index contributed by atoms with van der Waals surface area (Å²) in [5, 5.41) is 0. The standard InChI is InChI=1S/C16H29NO3/c1-4-20-15(18)12-16(17-8-10-19-11-9-17)7-5-6-13(2)14(16)3/h13-14H,4-12H2,1-3H3. The summed E-state index contributed by atoms with van der Waals surface area (Å²) in [5.74, 6) is 1.15. The third-order valence-electron chi connectivity index (χ3n) is 5.37. The molecule has 2 fully saturated rings. The fourth-order valence-electron chi connectivity index (χ4n) is 4.02. The van der Waals surface area contributed by atoms with Crippen molar-refractivity contribution in [3.8, 4) is 0 Å². The molecular formula is C16H29NO3. The third-order valence-corrected chi connectivity index (χ3v) is 5.37. The van der Waals surface area contributed by atoms with Crippen LogP contribution in [0.4, 0.5) is 0 Å². The monoisotopic (exact) mass is 283 g/mol. The lowest BCUT2D eigenvalue weighted by molar-refractivity contribution is -0.152. The number of esters is 1. The van der Waals surface area contributed by atoms with Gasteiger partial charge in [-0.15, -0.1) is 0 Å². The smallest absolute Gasteiger partial charge is 0.307 e. The van der Waals surface area contributed by atoms with Gasteiger partial charge < -0.3 is 9.47 Å². The van der Waals surface area contributed by atoms with Gasteiger partial charge in [-0.25, -0.2) is 0 Å². The first-order valence-electron chi connectivity index (χ1n) is 8.08. The summed E-state index contributed by atoms with van der Waals surface area (Å²) < 4.78 is 10.7. The molecule has 116 valence electrons. The van der Waals surface area contributed by atoms with E-state index in [1.807, 2.05) is 6.92 Å². The molecule has 1 heterocycles. The Bertz CT molecular complexity index is 328. The molecule has 1 aliphatic carbocycles. The van der Waals surface area contributed by atoms with E-state index in [4.69, 9.17) is 9.47 Å². The first-order valence-corrected chi connectivity index (χ1v) is 8.08. The Morgan fingerprint density at radius 3 is 2.70 bits per heavy atom. The van der Waals surface area contributed by atoms with E-state index in [1.165, 1.54) is 12.8 Å². The van der Waals surface area contributed by atoms with Crippen molar-refractivity contribution in [1.29, 1.82) is 0 Å². The zero-order valence-corrected chi connectivity index (χ0v) is 13.2. The van der Waals surface area contributed by atoms with Crippen molar-refractivity contribution in [3.05, 3.63) is 0 Å². The molecule has 0 aromatic rings. The molecular weight excluding hydrogens is 254 g/mol. The minimum Gasteiger partial charge on any atom is -0.466 e. The zero-order chi connectivity index (χ0) is 14.6. The van der Waals surface area contributed by atoms with Crippen molar-refractivity contribution in [3.63, 3.8) is 0 Å². The van der Waals surface area contributed by atoms with E-state index >= 15 is 0 Å². The van der Waals surface area contributed by atoms with E-state index in [0.29, 0.717) is 24.9 Å². The highest BCUT2D eigenvalue weighted by Crippen LogP contribution is 2.44. The molecule has 0 N–H and O–H groups in total. The normalized spacial score (nSPS) is 35.8. The molecule has 0 radical (unpaired) electrons. The van der Waals surface area contributed by atoms with E-state index in [-0.39, 0.29) is 11.5 Å². The SMILES string of the molecule is CCOC(=O)CC1(N2CCOCC2)CCCC(C)C1C. The quantitative estimate of drug-likeness (QED) is 0.743. The average molecular weight is 283 g/mol. The van der Waals surface area contributed by atoms with Crippen molar-refractivity contribution in [2.75, 3.05) is 32.9 Å². The van der Waals surface area contributed by atoms with Gasteiger partial charge in [0.25, 0.3) is 0 Å². The van der Waals surface area contributed by atoms with Gasteiger partial charge in [-0.1, -0.05) is 26.7 Å². The third kappa shape index (κ3) is 3.17. The van der Waals surface area contributed by atoms with Gasteiger partial charge in [0.1, 0.15) is 0 Å². The van der Waals surface area contributed by atoms with Crippen molar-refractivity contribution in [2.45, 2.75) is 52.0 Å². The van der Waals surface area contributed by atoms with E-state index in [9.17, 15) is 4.79 Å². The molecule has 1 saturated carbocycles. The van der Waals surface area contributed by atoms with Crippen LogP contribution in [-0.4, -0.2) is 49.3 Å². The number of nitrogens with zero attached hydrogens (tertiary/aromatic N) is 1. The van der Waals surface area contributed by atoms with Crippen LogP contribution in [0.1, 0.15) is 46.5 Å². The molecule has 4 nitrogen and oxygen atoms in total. The van der Waals surface area contributed by atoms with E-state index in [1.54, 1.807) is 0 Å². The number of morpholine rings is 1. The predicted molar refractivity (Wildman–Crippen MR) is 78.6 cm³/mol. The highest BCUT2D eigenvalue weighted by Gasteiger charge is 2.47. The van der Waals surface area contributed by atoms with Gasteiger partial charge in [-0.05, 0) is 25.2 Å². The number of rotatable bonds is 4. The lowest BCUT2D eigenvalue weighted by Gasteiger charge is -2.53. The fraction of sp³-hybridized carbons (Fsp3) is 0.938. The molecule has 3 atom stereocenters. The highest BCUT2D eigenvalue weighted by molar-refractivity contribution is 5.71. The first-order chi connectivity index (χ1) is 9.60. The molecule has 2 rings (SSSR count). The molecule has 3 unspecified atom stereocenters. The highest BCUT2D eigenvalue weighted by atomic mass is 16.5. The lowest BCUT2D eigenvalue weighted by atomic mass is 9.65. The van der Waals surface area contributed by atoms with Crippen molar-refractivity contribution in [1.82, 2.24) is 4.90 Å². The summed E-state index contributed by atoms with van der Waals surface area (Å²) in [6.45, 7) is 10.4. The number of hydrogen-bond acceptors (Lipinski definition) is 4. The summed E-state index contributed by atoms with van der Waals surface area (Å²) in [4.78, 5) is 14.6. The minimum atomic E-state index is -0.0417. The molecule has 0 aromatic carbocycles. The van der Waals surface area contributed by atoms with Gasteiger partial charge in [0.05, 0.1) is 26.2 Å². The van der Waals surface area contributed by atoms with Crippen LogP contribution >= 0.6 is 0 Å². The van der Waals surface area contributed by atoms with Gasteiger partial charge in [0, 0.05) is 18.6 Å². The predicted octanol–water partition coefficient (Wildman–Crippen LogP) is 2.47. The van der Waals surface area contributed by atoms with E-state index in [0.717, 1.165) is 32.7 Å². The van der Waals surface area contributed by atoms with Crippen LogP contribution in [0.2, 0.25) is 0 Å². The molecule has 0 spiro atoms. The van der Waals surface area contributed by atoms with Crippen LogP contribution in [0.25, 0.3) is 0 Å². The van der Waals surface area contributed by atoms with E-state index < -0.39 is 0 Å². The number of hydrogen-bond donors (Lipinski definition) is 0. The number of carbonyl (C=O) groups excluding carboxylic acids is 1. The maximum atomic E-state index is 12.1.